The molecule has 0 aliphatic carbocycles. The maximum Gasteiger partial charge on any atom is 0.243 e. The van der Waals surface area contributed by atoms with Crippen molar-refractivity contribution in [2.24, 2.45) is 0 Å². The van der Waals surface area contributed by atoms with Crippen LogP contribution in [0.1, 0.15) is 11.1 Å². The van der Waals surface area contributed by atoms with Gasteiger partial charge in [0.15, 0.2) is 0 Å². The lowest BCUT2D eigenvalue weighted by molar-refractivity contribution is -0.124. The van der Waals surface area contributed by atoms with Crippen molar-refractivity contribution in [3.63, 3.8) is 0 Å². The van der Waals surface area contributed by atoms with E-state index in [2.05, 4.69) is 26.6 Å². The molecule has 0 aromatic heterocycles. The van der Waals surface area contributed by atoms with Crippen LogP contribution in [0.15, 0.2) is 46.9 Å². The van der Waals surface area contributed by atoms with Crippen LogP contribution in [0.4, 0.5) is 5.69 Å². The monoisotopic (exact) mass is 433 g/mol. The lowest BCUT2D eigenvalue weighted by Gasteiger charge is -2.17. The van der Waals surface area contributed by atoms with Crippen LogP contribution in [0.2, 0.25) is 0 Å². The zero-order valence-corrected chi connectivity index (χ0v) is 17.3. The van der Waals surface area contributed by atoms with Gasteiger partial charge in [-0.2, -0.15) is 0 Å². The average Bonchev–Trinajstić information content (AvgIpc) is 2.62. The third-order valence-electron chi connectivity index (χ3n) is 3.91. The minimum Gasteiger partial charge on any atom is -0.497 e. The minimum absolute atomic E-state index is 0.0681. The third-order valence-corrected chi connectivity index (χ3v) is 4.40. The molecule has 2 rings (SSSR count). The van der Waals surface area contributed by atoms with E-state index in [-0.39, 0.29) is 24.9 Å². The molecule has 0 spiro atoms. The number of ether oxygens (including phenoxy) is 1. The molecule has 2 aromatic carbocycles. The van der Waals surface area contributed by atoms with Crippen LogP contribution in [0, 0.1) is 6.92 Å². The highest BCUT2D eigenvalue weighted by Gasteiger charge is 2.10. The van der Waals surface area contributed by atoms with Gasteiger partial charge in [0, 0.05) is 16.7 Å². The molecule has 27 heavy (non-hydrogen) atoms. The Balaban J connectivity index is 1.76. The molecule has 0 aliphatic rings. The summed E-state index contributed by atoms with van der Waals surface area (Å²) < 4.78 is 6.15. The van der Waals surface area contributed by atoms with Gasteiger partial charge < -0.3 is 15.4 Å². The Morgan fingerprint density at radius 3 is 2.63 bits per heavy atom. The van der Waals surface area contributed by atoms with Crippen LogP contribution in [0.25, 0.3) is 0 Å². The van der Waals surface area contributed by atoms with Crippen molar-refractivity contribution in [3.8, 4) is 5.75 Å². The third kappa shape index (κ3) is 7.03. The molecule has 0 bridgehead atoms. The SMILES string of the molecule is COc1cccc(CN(C)CC(=O)NCC(=O)Nc2ccc(Br)cc2C)c1. The molecule has 0 unspecified atom stereocenters. The number of methoxy groups -OCH3 is 1. The molecule has 0 aliphatic heterocycles. The number of nitrogens with zero attached hydrogens (tertiary/aromatic N) is 1. The summed E-state index contributed by atoms with van der Waals surface area (Å²) in [6, 6.07) is 13.3. The van der Waals surface area contributed by atoms with Gasteiger partial charge in [0.1, 0.15) is 5.75 Å². The van der Waals surface area contributed by atoms with E-state index in [4.69, 9.17) is 4.74 Å². The van der Waals surface area contributed by atoms with Gasteiger partial charge in [-0.25, -0.2) is 0 Å². The van der Waals surface area contributed by atoms with Crippen molar-refractivity contribution < 1.29 is 14.3 Å². The Bertz CT molecular complexity index is 811. The van der Waals surface area contributed by atoms with Crippen molar-refractivity contribution >= 4 is 33.4 Å². The second kappa shape index (κ2) is 10.1. The molecule has 0 heterocycles. The van der Waals surface area contributed by atoms with E-state index in [0.717, 1.165) is 27.0 Å². The van der Waals surface area contributed by atoms with Gasteiger partial charge in [-0.05, 0) is 55.4 Å². The topological polar surface area (TPSA) is 70.7 Å². The summed E-state index contributed by atoms with van der Waals surface area (Å²) in [5.41, 5.74) is 2.72. The zero-order chi connectivity index (χ0) is 19.8. The van der Waals surface area contributed by atoms with E-state index in [1.807, 2.05) is 61.3 Å². The van der Waals surface area contributed by atoms with Gasteiger partial charge in [-0.3, -0.25) is 14.5 Å². The summed E-state index contributed by atoms with van der Waals surface area (Å²) in [6.07, 6.45) is 0. The normalized spacial score (nSPS) is 10.6. The maximum atomic E-state index is 12.1. The van der Waals surface area contributed by atoms with Crippen LogP contribution in [0.5, 0.6) is 5.75 Å². The molecular formula is C20H24BrN3O3. The number of hydrogen-bond donors (Lipinski definition) is 2. The molecule has 2 N–H and O–H groups in total. The Labute approximate surface area is 168 Å². The summed E-state index contributed by atoms with van der Waals surface area (Å²) in [7, 11) is 3.47. The lowest BCUT2D eigenvalue weighted by atomic mass is 10.2. The molecule has 0 fully saturated rings. The number of benzene rings is 2. The lowest BCUT2D eigenvalue weighted by Crippen LogP contribution is -2.39. The number of nitrogens with one attached hydrogen (secondary N) is 2. The van der Waals surface area contributed by atoms with E-state index in [1.54, 1.807) is 7.11 Å². The fourth-order valence-corrected chi connectivity index (χ4v) is 3.06. The molecule has 0 saturated heterocycles. The van der Waals surface area contributed by atoms with E-state index < -0.39 is 0 Å². The van der Waals surface area contributed by atoms with Crippen LogP contribution in [-0.4, -0.2) is 44.0 Å². The van der Waals surface area contributed by atoms with Gasteiger partial charge in [-0.15, -0.1) is 0 Å². The predicted octanol–water partition coefficient (Wildman–Crippen LogP) is 2.95. The molecule has 6 nitrogen and oxygen atoms in total. The van der Waals surface area contributed by atoms with Gasteiger partial charge in [-0.1, -0.05) is 28.1 Å². The van der Waals surface area contributed by atoms with Gasteiger partial charge in [0.05, 0.1) is 20.2 Å². The van der Waals surface area contributed by atoms with Crippen molar-refractivity contribution in [1.82, 2.24) is 10.2 Å². The van der Waals surface area contributed by atoms with Crippen LogP contribution < -0.4 is 15.4 Å². The largest absolute Gasteiger partial charge is 0.497 e. The molecule has 7 heteroatoms. The van der Waals surface area contributed by atoms with E-state index in [1.165, 1.54) is 0 Å². The zero-order valence-electron chi connectivity index (χ0n) is 15.7. The average molecular weight is 434 g/mol. The Hall–Kier alpha value is -2.38. The smallest absolute Gasteiger partial charge is 0.243 e. The number of rotatable bonds is 8. The first-order valence-corrected chi connectivity index (χ1v) is 9.31. The highest BCUT2D eigenvalue weighted by Crippen LogP contribution is 2.19. The van der Waals surface area contributed by atoms with E-state index >= 15 is 0 Å². The number of anilines is 1. The number of likely N-dealkylation sites (N-methyl/N-ethyl adjacent to an activating group) is 1. The van der Waals surface area contributed by atoms with Crippen molar-refractivity contribution in [2.45, 2.75) is 13.5 Å². The Morgan fingerprint density at radius 2 is 1.93 bits per heavy atom. The highest BCUT2D eigenvalue weighted by molar-refractivity contribution is 9.10. The molecule has 144 valence electrons. The van der Waals surface area contributed by atoms with Crippen LogP contribution >= 0.6 is 15.9 Å². The molecule has 0 saturated carbocycles. The Morgan fingerprint density at radius 1 is 1.15 bits per heavy atom. The Kier molecular flexibility index (Phi) is 7.82. The van der Waals surface area contributed by atoms with Gasteiger partial charge in [0.2, 0.25) is 11.8 Å². The first-order chi connectivity index (χ1) is 12.9. The first-order valence-electron chi connectivity index (χ1n) is 8.51. The van der Waals surface area contributed by atoms with E-state index in [9.17, 15) is 9.59 Å². The maximum absolute atomic E-state index is 12.1. The number of carbonyl (C=O) groups is 2. The number of hydrogen-bond acceptors (Lipinski definition) is 4. The summed E-state index contributed by atoms with van der Waals surface area (Å²) in [6.45, 7) is 2.64. The highest BCUT2D eigenvalue weighted by atomic mass is 79.9. The van der Waals surface area contributed by atoms with Crippen molar-refractivity contribution in [2.75, 3.05) is 32.6 Å². The van der Waals surface area contributed by atoms with Gasteiger partial charge in [0.25, 0.3) is 0 Å². The summed E-state index contributed by atoms with van der Waals surface area (Å²) >= 11 is 3.39. The number of carbonyl (C=O) groups excluding carboxylic acids is 2. The first kappa shape index (κ1) is 20.9. The molecular weight excluding hydrogens is 410 g/mol. The fraction of sp³-hybridized carbons (Fsp3) is 0.300. The van der Waals surface area contributed by atoms with Crippen molar-refractivity contribution in [1.29, 1.82) is 0 Å². The second-order valence-electron chi connectivity index (χ2n) is 6.31. The quantitative estimate of drug-likeness (QED) is 0.671. The van der Waals surface area contributed by atoms with Crippen molar-refractivity contribution in [3.05, 3.63) is 58.1 Å². The minimum atomic E-state index is -0.260. The number of halogens is 1. The second-order valence-corrected chi connectivity index (χ2v) is 7.22. The van der Waals surface area contributed by atoms with Gasteiger partial charge >= 0.3 is 0 Å². The molecule has 0 atom stereocenters. The van der Waals surface area contributed by atoms with Crippen LogP contribution in [0.3, 0.4) is 0 Å². The molecule has 2 amide bonds. The fourth-order valence-electron chi connectivity index (χ4n) is 2.58. The van der Waals surface area contributed by atoms with E-state index in [0.29, 0.717) is 6.54 Å². The van der Waals surface area contributed by atoms with Crippen LogP contribution in [-0.2, 0) is 16.1 Å². The number of amides is 2. The predicted molar refractivity (Wildman–Crippen MR) is 110 cm³/mol. The molecule has 0 radical (unpaired) electrons. The summed E-state index contributed by atoms with van der Waals surface area (Å²) in [5, 5.41) is 5.44. The standard InChI is InChI=1S/C20H24BrN3O3/c1-14-9-16(21)7-8-18(14)23-19(25)11-22-20(26)13-24(2)12-15-5-4-6-17(10-15)27-3/h4-10H,11-13H2,1-3H3,(H,22,26)(H,23,25). The summed E-state index contributed by atoms with van der Waals surface area (Å²) in [5.74, 6) is 0.317. The molecule has 2 aromatic rings. The number of aryl methyl sites for hydroxylation is 1. The summed E-state index contributed by atoms with van der Waals surface area (Å²) in [4.78, 5) is 26.0.